The van der Waals surface area contributed by atoms with Gasteiger partial charge < -0.3 is 5.11 Å². The normalized spacial score (nSPS) is 10.7. The Labute approximate surface area is 124 Å². The first-order valence-electron chi connectivity index (χ1n) is 4.94. The fourth-order valence-corrected chi connectivity index (χ4v) is 2.40. The fraction of sp³-hybridized carbons (Fsp3) is 0.0833. The van der Waals surface area contributed by atoms with Crippen LogP contribution in [0.5, 0.6) is 0 Å². The van der Waals surface area contributed by atoms with E-state index in [1.807, 2.05) is 0 Å². The van der Waals surface area contributed by atoms with Crippen LogP contribution in [-0.4, -0.2) is 10.1 Å². The van der Waals surface area contributed by atoms with Gasteiger partial charge in [-0.25, -0.2) is 0 Å². The van der Waals surface area contributed by atoms with E-state index in [9.17, 15) is 0 Å². The summed E-state index contributed by atoms with van der Waals surface area (Å²) in [6.07, 6.45) is 1.55. The Morgan fingerprint density at radius 1 is 0.944 bits per heavy atom. The number of benzene rings is 1. The molecule has 18 heavy (non-hydrogen) atoms. The van der Waals surface area contributed by atoms with Gasteiger partial charge in [-0.05, 0) is 23.8 Å². The molecule has 0 fully saturated rings. The van der Waals surface area contributed by atoms with E-state index in [0.717, 1.165) is 0 Å². The minimum Gasteiger partial charge on any atom is -0.392 e. The van der Waals surface area contributed by atoms with Crippen molar-refractivity contribution in [2.75, 3.05) is 0 Å². The second kappa shape index (κ2) is 5.64. The Morgan fingerprint density at radius 3 is 2.33 bits per heavy atom. The number of rotatable bonds is 2. The SMILES string of the molecule is OCc1ccnc(-c2ccc(Cl)c(Cl)c2Cl)c1Cl. The van der Waals surface area contributed by atoms with Crippen LogP contribution < -0.4 is 0 Å². The smallest absolute Gasteiger partial charge is 0.0907 e. The number of aliphatic hydroxyl groups excluding tert-OH is 1. The molecule has 0 bridgehead atoms. The van der Waals surface area contributed by atoms with Gasteiger partial charge in [-0.2, -0.15) is 0 Å². The van der Waals surface area contributed by atoms with Crippen molar-refractivity contribution < 1.29 is 5.11 Å². The monoisotopic (exact) mass is 321 g/mol. The first kappa shape index (κ1) is 13.9. The van der Waals surface area contributed by atoms with Gasteiger partial charge in [0.25, 0.3) is 0 Å². The molecule has 0 amide bonds. The van der Waals surface area contributed by atoms with Crippen molar-refractivity contribution in [3.05, 3.63) is 50.0 Å². The third-order valence-corrected chi connectivity index (χ3v) is 4.15. The average Bonchev–Trinajstić information content (AvgIpc) is 2.37. The molecule has 94 valence electrons. The quantitative estimate of drug-likeness (QED) is 0.801. The van der Waals surface area contributed by atoms with Crippen molar-refractivity contribution in [2.24, 2.45) is 0 Å². The van der Waals surface area contributed by atoms with Crippen molar-refractivity contribution in [1.82, 2.24) is 4.98 Å². The molecule has 1 heterocycles. The maximum absolute atomic E-state index is 9.17. The van der Waals surface area contributed by atoms with Gasteiger partial charge in [0.15, 0.2) is 0 Å². The summed E-state index contributed by atoms with van der Waals surface area (Å²) in [5.74, 6) is 0. The maximum atomic E-state index is 9.17. The highest BCUT2D eigenvalue weighted by Gasteiger charge is 2.15. The molecule has 0 aliphatic rings. The largest absolute Gasteiger partial charge is 0.392 e. The number of hydrogen-bond donors (Lipinski definition) is 1. The van der Waals surface area contributed by atoms with E-state index in [2.05, 4.69) is 4.98 Å². The van der Waals surface area contributed by atoms with E-state index in [1.54, 1.807) is 24.4 Å². The standard InChI is InChI=1S/C12H7Cl4NO/c13-8-2-1-7(10(15)11(8)16)12-9(14)6(5-18)3-4-17-12/h1-4,18H,5H2. The molecule has 0 aliphatic carbocycles. The highest BCUT2D eigenvalue weighted by atomic mass is 35.5. The second-order valence-corrected chi connectivity index (χ2v) is 5.05. The van der Waals surface area contributed by atoms with Gasteiger partial charge in [-0.1, -0.05) is 46.4 Å². The number of halogens is 4. The van der Waals surface area contributed by atoms with E-state index >= 15 is 0 Å². The molecule has 0 radical (unpaired) electrons. The minimum absolute atomic E-state index is 0.173. The molecule has 6 heteroatoms. The Bertz CT molecular complexity index is 601. The highest BCUT2D eigenvalue weighted by Crippen LogP contribution is 2.40. The summed E-state index contributed by atoms with van der Waals surface area (Å²) in [5, 5.41) is 10.4. The third kappa shape index (κ3) is 2.44. The number of pyridine rings is 1. The maximum Gasteiger partial charge on any atom is 0.0907 e. The highest BCUT2D eigenvalue weighted by molar-refractivity contribution is 6.49. The number of nitrogens with zero attached hydrogens (tertiary/aromatic N) is 1. The first-order valence-corrected chi connectivity index (χ1v) is 6.45. The summed E-state index contributed by atoms with van der Waals surface area (Å²) in [6.45, 7) is -0.173. The van der Waals surface area contributed by atoms with Gasteiger partial charge >= 0.3 is 0 Å². The van der Waals surface area contributed by atoms with Crippen molar-refractivity contribution in [2.45, 2.75) is 6.61 Å². The first-order chi connectivity index (χ1) is 8.56. The van der Waals surface area contributed by atoms with Gasteiger partial charge in [-0.3, -0.25) is 4.98 Å². The van der Waals surface area contributed by atoms with Crippen LogP contribution in [0, 0.1) is 0 Å². The van der Waals surface area contributed by atoms with Crippen LogP contribution in [0.2, 0.25) is 20.1 Å². The van der Waals surface area contributed by atoms with Crippen LogP contribution in [0.25, 0.3) is 11.3 Å². The molecule has 0 atom stereocenters. The number of aromatic nitrogens is 1. The molecule has 0 aliphatic heterocycles. The summed E-state index contributed by atoms with van der Waals surface area (Å²) in [6, 6.07) is 4.94. The van der Waals surface area contributed by atoms with E-state index in [0.29, 0.717) is 26.9 Å². The molecule has 0 spiro atoms. The lowest BCUT2D eigenvalue weighted by atomic mass is 10.1. The van der Waals surface area contributed by atoms with Crippen LogP contribution >= 0.6 is 46.4 Å². The average molecular weight is 323 g/mol. The molecule has 1 N–H and O–H groups in total. The van der Waals surface area contributed by atoms with Crippen molar-refractivity contribution >= 4 is 46.4 Å². The Morgan fingerprint density at radius 2 is 1.67 bits per heavy atom. The topological polar surface area (TPSA) is 33.1 Å². The van der Waals surface area contributed by atoms with Crippen LogP contribution in [-0.2, 0) is 6.61 Å². The summed E-state index contributed by atoms with van der Waals surface area (Å²) in [5.41, 5.74) is 1.61. The van der Waals surface area contributed by atoms with E-state index < -0.39 is 0 Å². The van der Waals surface area contributed by atoms with Gasteiger partial charge in [0.1, 0.15) is 0 Å². The summed E-state index contributed by atoms with van der Waals surface area (Å²) >= 11 is 24.1. The van der Waals surface area contributed by atoms with Crippen molar-refractivity contribution in [3.8, 4) is 11.3 Å². The van der Waals surface area contributed by atoms with Gasteiger partial charge in [-0.15, -0.1) is 0 Å². The Balaban J connectivity index is 2.66. The van der Waals surface area contributed by atoms with E-state index in [-0.39, 0.29) is 16.7 Å². The zero-order valence-corrected chi connectivity index (χ0v) is 11.9. The Kier molecular flexibility index (Phi) is 4.36. The summed E-state index contributed by atoms with van der Waals surface area (Å²) in [7, 11) is 0. The fourth-order valence-electron chi connectivity index (χ4n) is 1.50. The molecule has 2 aromatic rings. The molecule has 0 unspecified atom stereocenters. The van der Waals surface area contributed by atoms with Gasteiger partial charge in [0, 0.05) is 11.8 Å². The molecule has 0 saturated heterocycles. The van der Waals surface area contributed by atoms with Crippen LogP contribution in [0.4, 0.5) is 0 Å². The van der Waals surface area contributed by atoms with Crippen LogP contribution in [0.1, 0.15) is 5.56 Å². The lowest BCUT2D eigenvalue weighted by Crippen LogP contribution is -1.92. The van der Waals surface area contributed by atoms with Crippen molar-refractivity contribution in [1.29, 1.82) is 0 Å². The molecule has 2 nitrogen and oxygen atoms in total. The van der Waals surface area contributed by atoms with Crippen molar-refractivity contribution in [3.63, 3.8) is 0 Å². The molecule has 1 aromatic heterocycles. The zero-order valence-electron chi connectivity index (χ0n) is 8.92. The third-order valence-electron chi connectivity index (χ3n) is 2.43. The van der Waals surface area contributed by atoms with Crippen LogP contribution in [0.15, 0.2) is 24.4 Å². The van der Waals surface area contributed by atoms with Gasteiger partial charge in [0.2, 0.25) is 0 Å². The predicted molar refractivity (Wildman–Crippen MR) is 75.6 cm³/mol. The molecular weight excluding hydrogens is 316 g/mol. The van der Waals surface area contributed by atoms with Gasteiger partial charge in [0.05, 0.1) is 32.4 Å². The molecule has 0 saturated carbocycles. The molecule has 1 aromatic carbocycles. The van der Waals surface area contributed by atoms with Crippen LogP contribution in [0.3, 0.4) is 0 Å². The summed E-state index contributed by atoms with van der Waals surface area (Å²) < 4.78 is 0. The van der Waals surface area contributed by atoms with E-state index in [4.69, 9.17) is 51.5 Å². The second-order valence-electron chi connectivity index (χ2n) is 3.51. The Hall–Kier alpha value is -0.510. The molecule has 2 rings (SSSR count). The minimum atomic E-state index is -0.173. The summed E-state index contributed by atoms with van der Waals surface area (Å²) in [4.78, 5) is 4.16. The number of aliphatic hydroxyl groups is 1. The van der Waals surface area contributed by atoms with E-state index in [1.165, 1.54) is 0 Å². The zero-order chi connectivity index (χ0) is 13.3. The lowest BCUT2D eigenvalue weighted by molar-refractivity contribution is 0.282. The lowest BCUT2D eigenvalue weighted by Gasteiger charge is -2.10. The predicted octanol–water partition coefficient (Wildman–Crippen LogP) is 4.85. The molecular formula is C12H7Cl4NO. The number of hydrogen-bond acceptors (Lipinski definition) is 2.